The van der Waals surface area contributed by atoms with Gasteiger partial charge in [0.1, 0.15) is 5.75 Å². The molecule has 0 aliphatic heterocycles. The summed E-state index contributed by atoms with van der Waals surface area (Å²) in [5, 5.41) is 2.72. The molecule has 17 heavy (non-hydrogen) atoms. The Balaban J connectivity index is 2.76. The minimum absolute atomic E-state index is 0.106. The lowest BCUT2D eigenvalue weighted by Crippen LogP contribution is -2.36. The normalized spacial score (nSPS) is 12.0. The van der Waals surface area contributed by atoms with E-state index >= 15 is 0 Å². The molecule has 1 amide bonds. The molecule has 94 valence electrons. The molecule has 0 radical (unpaired) electrons. The molecule has 0 spiro atoms. The van der Waals surface area contributed by atoms with Crippen LogP contribution >= 0.6 is 0 Å². The Kier molecular flexibility index (Phi) is 4.97. The van der Waals surface area contributed by atoms with Crippen LogP contribution in [0.3, 0.4) is 0 Å². The van der Waals surface area contributed by atoms with Gasteiger partial charge in [-0.3, -0.25) is 4.79 Å². The molecule has 0 saturated carbocycles. The van der Waals surface area contributed by atoms with Crippen LogP contribution in [-0.2, 0) is 11.3 Å². The molecule has 0 aromatic heterocycles. The van der Waals surface area contributed by atoms with Gasteiger partial charge in [-0.25, -0.2) is 0 Å². The number of carbonyl (C=O) groups excluding carboxylic acids is 1. The Morgan fingerprint density at radius 1 is 1.53 bits per heavy atom. The number of benzene rings is 1. The first kappa shape index (κ1) is 13.5. The minimum atomic E-state index is -0.498. The Bertz CT molecular complexity index is 391. The fourth-order valence-corrected chi connectivity index (χ4v) is 1.46. The summed E-state index contributed by atoms with van der Waals surface area (Å²) in [7, 11) is 0. The van der Waals surface area contributed by atoms with E-state index in [9.17, 15) is 4.79 Å². The SMILES string of the molecule is CCNC(=O)C(C)Oc1cc(CN)ccc1C. The van der Waals surface area contributed by atoms with E-state index < -0.39 is 6.10 Å². The van der Waals surface area contributed by atoms with Crippen LogP contribution in [0.25, 0.3) is 0 Å². The van der Waals surface area contributed by atoms with Gasteiger partial charge in [0.2, 0.25) is 0 Å². The molecule has 3 N–H and O–H groups in total. The topological polar surface area (TPSA) is 64.3 Å². The molecule has 0 heterocycles. The maximum absolute atomic E-state index is 11.6. The molecule has 1 rings (SSSR count). The van der Waals surface area contributed by atoms with E-state index in [4.69, 9.17) is 10.5 Å². The number of nitrogens with one attached hydrogen (secondary N) is 1. The molecule has 0 aliphatic carbocycles. The predicted molar refractivity (Wildman–Crippen MR) is 67.8 cm³/mol. The number of hydrogen-bond donors (Lipinski definition) is 2. The number of ether oxygens (including phenoxy) is 1. The van der Waals surface area contributed by atoms with E-state index in [2.05, 4.69) is 5.32 Å². The molecule has 4 heteroatoms. The van der Waals surface area contributed by atoms with Crippen LogP contribution in [0.15, 0.2) is 18.2 Å². The summed E-state index contributed by atoms with van der Waals surface area (Å²) in [6.07, 6.45) is -0.498. The summed E-state index contributed by atoms with van der Waals surface area (Å²) in [4.78, 5) is 11.6. The quantitative estimate of drug-likeness (QED) is 0.811. The standard InChI is InChI=1S/C13H20N2O2/c1-4-15-13(16)10(3)17-12-7-11(8-14)6-5-9(12)2/h5-7,10H,4,8,14H2,1-3H3,(H,15,16). The fraction of sp³-hybridized carbons (Fsp3) is 0.462. The van der Waals surface area contributed by atoms with Gasteiger partial charge in [-0.2, -0.15) is 0 Å². The van der Waals surface area contributed by atoms with E-state index in [1.54, 1.807) is 6.92 Å². The van der Waals surface area contributed by atoms with Crippen molar-refractivity contribution in [2.75, 3.05) is 6.54 Å². The maximum atomic E-state index is 11.6. The fourth-order valence-electron chi connectivity index (χ4n) is 1.46. The third-order valence-electron chi connectivity index (χ3n) is 2.51. The van der Waals surface area contributed by atoms with Crippen molar-refractivity contribution in [1.82, 2.24) is 5.32 Å². The predicted octanol–water partition coefficient (Wildman–Crippen LogP) is 1.36. The van der Waals surface area contributed by atoms with Crippen LogP contribution in [-0.4, -0.2) is 18.6 Å². The molecule has 1 unspecified atom stereocenters. The summed E-state index contributed by atoms with van der Waals surface area (Å²) in [6, 6.07) is 5.78. The van der Waals surface area contributed by atoms with Crippen LogP contribution in [0.4, 0.5) is 0 Å². The third-order valence-corrected chi connectivity index (χ3v) is 2.51. The number of rotatable bonds is 5. The molecule has 1 aromatic carbocycles. The first-order valence-corrected chi connectivity index (χ1v) is 5.82. The molecule has 0 aliphatic rings. The Morgan fingerprint density at radius 3 is 2.82 bits per heavy atom. The van der Waals surface area contributed by atoms with Crippen molar-refractivity contribution >= 4 is 5.91 Å². The Labute approximate surface area is 102 Å². The van der Waals surface area contributed by atoms with Gasteiger partial charge in [-0.15, -0.1) is 0 Å². The van der Waals surface area contributed by atoms with Gasteiger partial charge in [0.15, 0.2) is 6.10 Å². The number of nitrogens with two attached hydrogens (primary N) is 1. The van der Waals surface area contributed by atoms with Crippen molar-refractivity contribution in [2.24, 2.45) is 5.73 Å². The number of amides is 1. The van der Waals surface area contributed by atoms with Crippen LogP contribution in [0, 0.1) is 6.92 Å². The molecule has 0 saturated heterocycles. The minimum Gasteiger partial charge on any atom is -0.481 e. The van der Waals surface area contributed by atoms with Gasteiger partial charge in [0.05, 0.1) is 0 Å². The van der Waals surface area contributed by atoms with Crippen molar-refractivity contribution in [3.63, 3.8) is 0 Å². The number of hydrogen-bond acceptors (Lipinski definition) is 3. The lowest BCUT2D eigenvalue weighted by Gasteiger charge is -2.16. The summed E-state index contributed by atoms with van der Waals surface area (Å²) in [5.74, 6) is 0.608. The summed E-state index contributed by atoms with van der Waals surface area (Å²) >= 11 is 0. The van der Waals surface area contributed by atoms with E-state index in [1.807, 2.05) is 32.0 Å². The van der Waals surface area contributed by atoms with Gasteiger partial charge < -0.3 is 15.8 Å². The highest BCUT2D eigenvalue weighted by Gasteiger charge is 2.14. The smallest absolute Gasteiger partial charge is 0.260 e. The third kappa shape index (κ3) is 3.75. The van der Waals surface area contributed by atoms with Crippen LogP contribution in [0.1, 0.15) is 25.0 Å². The molecule has 0 bridgehead atoms. The first-order valence-electron chi connectivity index (χ1n) is 5.82. The van der Waals surface area contributed by atoms with Crippen LogP contribution in [0.5, 0.6) is 5.75 Å². The molecule has 1 aromatic rings. The summed E-state index contributed by atoms with van der Waals surface area (Å²) < 4.78 is 5.63. The summed E-state index contributed by atoms with van der Waals surface area (Å²) in [6.45, 7) is 6.63. The van der Waals surface area contributed by atoms with Gasteiger partial charge in [0.25, 0.3) is 5.91 Å². The average Bonchev–Trinajstić information content (AvgIpc) is 2.32. The van der Waals surface area contributed by atoms with Gasteiger partial charge in [0, 0.05) is 13.1 Å². The van der Waals surface area contributed by atoms with Crippen molar-refractivity contribution in [3.05, 3.63) is 29.3 Å². The highest BCUT2D eigenvalue weighted by atomic mass is 16.5. The van der Waals surface area contributed by atoms with Crippen molar-refractivity contribution in [2.45, 2.75) is 33.4 Å². The molecule has 1 atom stereocenters. The van der Waals surface area contributed by atoms with Crippen LogP contribution < -0.4 is 15.8 Å². The first-order chi connectivity index (χ1) is 8.08. The maximum Gasteiger partial charge on any atom is 0.260 e. The molecule has 0 fully saturated rings. The second kappa shape index (κ2) is 6.25. The monoisotopic (exact) mass is 236 g/mol. The number of carbonyl (C=O) groups is 1. The number of likely N-dealkylation sites (N-methyl/N-ethyl adjacent to an activating group) is 1. The van der Waals surface area contributed by atoms with E-state index in [-0.39, 0.29) is 5.91 Å². The average molecular weight is 236 g/mol. The second-order valence-electron chi connectivity index (χ2n) is 3.96. The lowest BCUT2D eigenvalue weighted by molar-refractivity contribution is -0.127. The Morgan fingerprint density at radius 2 is 2.24 bits per heavy atom. The molecular weight excluding hydrogens is 216 g/mol. The zero-order valence-corrected chi connectivity index (χ0v) is 10.6. The largest absolute Gasteiger partial charge is 0.481 e. The summed E-state index contributed by atoms with van der Waals surface area (Å²) in [5.41, 5.74) is 7.56. The van der Waals surface area contributed by atoms with Gasteiger partial charge in [-0.05, 0) is 38.0 Å². The second-order valence-corrected chi connectivity index (χ2v) is 3.96. The zero-order valence-electron chi connectivity index (χ0n) is 10.6. The highest BCUT2D eigenvalue weighted by molar-refractivity contribution is 5.80. The molecule has 4 nitrogen and oxygen atoms in total. The van der Waals surface area contributed by atoms with E-state index in [1.165, 1.54) is 0 Å². The zero-order chi connectivity index (χ0) is 12.8. The van der Waals surface area contributed by atoms with Gasteiger partial charge in [-0.1, -0.05) is 12.1 Å². The number of aryl methyl sites for hydroxylation is 1. The van der Waals surface area contributed by atoms with Gasteiger partial charge >= 0.3 is 0 Å². The highest BCUT2D eigenvalue weighted by Crippen LogP contribution is 2.20. The Hall–Kier alpha value is -1.55. The van der Waals surface area contributed by atoms with Crippen molar-refractivity contribution in [1.29, 1.82) is 0 Å². The van der Waals surface area contributed by atoms with E-state index in [0.29, 0.717) is 18.8 Å². The van der Waals surface area contributed by atoms with Crippen molar-refractivity contribution in [3.8, 4) is 5.75 Å². The van der Waals surface area contributed by atoms with Crippen molar-refractivity contribution < 1.29 is 9.53 Å². The lowest BCUT2D eigenvalue weighted by atomic mass is 10.1. The van der Waals surface area contributed by atoms with Crippen LogP contribution in [0.2, 0.25) is 0 Å². The van der Waals surface area contributed by atoms with E-state index in [0.717, 1.165) is 11.1 Å². The molecular formula is C13H20N2O2.